The molecule has 0 saturated carbocycles. The van der Waals surface area contributed by atoms with Gasteiger partial charge in [0.25, 0.3) is 15.9 Å². The minimum absolute atomic E-state index is 0.0790. The number of carbonyl (C=O) groups is 1. The average Bonchev–Trinajstić information content (AvgIpc) is 3.50. The van der Waals surface area contributed by atoms with E-state index in [1.165, 1.54) is 18.4 Å². The van der Waals surface area contributed by atoms with Crippen molar-refractivity contribution in [3.63, 3.8) is 0 Å². The zero-order valence-electron chi connectivity index (χ0n) is 16.3. The van der Waals surface area contributed by atoms with Crippen LogP contribution < -0.4 is 5.32 Å². The second-order valence-electron chi connectivity index (χ2n) is 6.44. The van der Waals surface area contributed by atoms with Crippen molar-refractivity contribution >= 4 is 43.7 Å². The molecule has 4 aromatic rings. The lowest BCUT2D eigenvalue weighted by molar-refractivity contribution is 0.102. The highest BCUT2D eigenvalue weighted by molar-refractivity contribution is 7.91. The number of nitrogens with zero attached hydrogens (tertiary/aromatic N) is 5. The summed E-state index contributed by atoms with van der Waals surface area (Å²) in [6.07, 6.45) is 0. The van der Waals surface area contributed by atoms with Crippen LogP contribution >= 0.6 is 22.7 Å². The molecule has 31 heavy (non-hydrogen) atoms. The van der Waals surface area contributed by atoms with E-state index in [-0.39, 0.29) is 21.9 Å². The van der Waals surface area contributed by atoms with Crippen LogP contribution in [0.5, 0.6) is 0 Å². The van der Waals surface area contributed by atoms with Crippen LogP contribution in [0.2, 0.25) is 0 Å². The third kappa shape index (κ3) is 4.69. The molecule has 0 spiro atoms. The Morgan fingerprint density at radius 2 is 1.97 bits per heavy atom. The Morgan fingerprint density at radius 3 is 2.68 bits per heavy atom. The van der Waals surface area contributed by atoms with Crippen LogP contribution in [0.1, 0.15) is 21.8 Å². The Bertz CT molecular complexity index is 1300. The van der Waals surface area contributed by atoms with E-state index in [0.717, 1.165) is 26.1 Å². The van der Waals surface area contributed by atoms with Gasteiger partial charge in [0.05, 0.1) is 11.4 Å². The number of aryl methyl sites for hydroxylation is 1. The number of thiophene rings is 1. The number of carbonyl (C=O) groups excluding carboxylic acids is 1. The summed E-state index contributed by atoms with van der Waals surface area (Å²) in [7, 11) is -2.59. The number of anilines is 1. The van der Waals surface area contributed by atoms with Crippen LogP contribution in [0.25, 0.3) is 10.7 Å². The summed E-state index contributed by atoms with van der Waals surface area (Å²) in [6.45, 7) is 1.78. The molecule has 1 amide bonds. The van der Waals surface area contributed by atoms with Gasteiger partial charge in [-0.1, -0.05) is 40.3 Å². The van der Waals surface area contributed by atoms with E-state index in [0.29, 0.717) is 11.4 Å². The van der Waals surface area contributed by atoms with E-state index in [9.17, 15) is 13.2 Å². The van der Waals surface area contributed by atoms with Crippen LogP contribution in [0.15, 0.2) is 50.6 Å². The number of aromatic nitrogens is 4. The fraction of sp³-hybridized carbons (Fsp3) is 0.167. The Hall–Kier alpha value is -3.00. The van der Waals surface area contributed by atoms with E-state index < -0.39 is 15.9 Å². The summed E-state index contributed by atoms with van der Waals surface area (Å²) in [4.78, 5) is 17.3. The van der Waals surface area contributed by atoms with E-state index >= 15 is 0 Å². The van der Waals surface area contributed by atoms with Crippen LogP contribution in [0.4, 0.5) is 5.13 Å². The number of hydrogen-bond acceptors (Lipinski definition) is 10. The molecule has 0 bridgehead atoms. The first-order valence-electron chi connectivity index (χ1n) is 8.87. The largest absolute Gasteiger partial charge is 0.337 e. The Kier molecular flexibility index (Phi) is 5.91. The van der Waals surface area contributed by atoms with Gasteiger partial charge in [-0.2, -0.15) is 9.29 Å². The standard InChI is InChI=1S/C18H16N6O4S3/c1-11-5-7-12(8-6-11)16(25)20-17-21-22-18(30-17)31(26,27)24(2)10-14-19-15(23-28-14)13-4-3-9-29-13/h3-9H,10H2,1-2H3,(H,20,21,25). The van der Waals surface area contributed by atoms with Gasteiger partial charge >= 0.3 is 0 Å². The zero-order chi connectivity index (χ0) is 22.0. The first-order chi connectivity index (χ1) is 14.8. The second kappa shape index (κ2) is 8.63. The smallest absolute Gasteiger partial charge is 0.272 e. The maximum absolute atomic E-state index is 12.8. The van der Waals surface area contributed by atoms with Gasteiger partial charge in [0.2, 0.25) is 21.2 Å². The Labute approximate surface area is 185 Å². The molecule has 160 valence electrons. The minimum Gasteiger partial charge on any atom is -0.337 e. The molecule has 13 heteroatoms. The second-order valence-corrected chi connectivity index (χ2v) is 10.6. The number of benzene rings is 1. The number of nitrogens with one attached hydrogen (secondary N) is 1. The molecule has 0 aliphatic rings. The lowest BCUT2D eigenvalue weighted by Crippen LogP contribution is -2.26. The quantitative estimate of drug-likeness (QED) is 0.403. The predicted molar refractivity (Wildman–Crippen MR) is 115 cm³/mol. The summed E-state index contributed by atoms with van der Waals surface area (Å²) >= 11 is 2.21. The molecule has 4 rings (SSSR count). The van der Waals surface area contributed by atoms with Gasteiger partial charge in [-0.05, 0) is 30.5 Å². The molecular formula is C18H16N6O4S3. The van der Waals surface area contributed by atoms with Crippen molar-refractivity contribution in [2.24, 2.45) is 0 Å². The molecule has 0 aliphatic carbocycles. The minimum atomic E-state index is -3.97. The summed E-state index contributed by atoms with van der Waals surface area (Å²) in [5.74, 6) is 0.139. The van der Waals surface area contributed by atoms with Crippen molar-refractivity contribution in [3.8, 4) is 10.7 Å². The Balaban J connectivity index is 1.44. The van der Waals surface area contributed by atoms with Crippen molar-refractivity contribution in [3.05, 3.63) is 58.8 Å². The zero-order valence-corrected chi connectivity index (χ0v) is 18.8. The highest BCUT2D eigenvalue weighted by Gasteiger charge is 2.28. The van der Waals surface area contributed by atoms with Crippen LogP contribution in [0.3, 0.4) is 0 Å². The summed E-state index contributed by atoms with van der Waals surface area (Å²) in [5, 5.41) is 15.9. The molecule has 0 aliphatic heterocycles. The lowest BCUT2D eigenvalue weighted by Gasteiger charge is -2.11. The number of amides is 1. The molecule has 1 N–H and O–H groups in total. The summed E-state index contributed by atoms with van der Waals surface area (Å²) < 4.78 is 31.6. The molecule has 0 saturated heterocycles. The van der Waals surface area contributed by atoms with Crippen molar-refractivity contribution in [2.45, 2.75) is 17.8 Å². The molecule has 0 fully saturated rings. The Morgan fingerprint density at radius 1 is 1.19 bits per heavy atom. The van der Waals surface area contributed by atoms with Gasteiger partial charge < -0.3 is 4.52 Å². The molecule has 0 unspecified atom stereocenters. The predicted octanol–water partition coefficient (Wildman–Crippen LogP) is 3.03. The third-order valence-corrected chi connectivity index (χ3v) is 7.99. The molecule has 3 heterocycles. The maximum Gasteiger partial charge on any atom is 0.272 e. The highest BCUT2D eigenvalue weighted by atomic mass is 32.2. The van der Waals surface area contributed by atoms with Crippen LogP contribution in [-0.4, -0.2) is 46.0 Å². The summed E-state index contributed by atoms with van der Waals surface area (Å²) in [6, 6.07) is 10.7. The lowest BCUT2D eigenvalue weighted by atomic mass is 10.1. The number of sulfonamides is 1. The van der Waals surface area contributed by atoms with Crippen molar-refractivity contribution in [1.29, 1.82) is 0 Å². The SMILES string of the molecule is Cc1ccc(C(=O)Nc2nnc(S(=O)(=O)N(C)Cc3nc(-c4cccs4)no3)s2)cc1. The topological polar surface area (TPSA) is 131 Å². The van der Waals surface area contributed by atoms with Gasteiger partial charge in [-0.25, -0.2) is 8.42 Å². The van der Waals surface area contributed by atoms with Crippen molar-refractivity contribution < 1.29 is 17.7 Å². The first kappa shape index (κ1) is 21.2. The van der Waals surface area contributed by atoms with Crippen LogP contribution in [0, 0.1) is 6.92 Å². The maximum atomic E-state index is 12.8. The van der Waals surface area contributed by atoms with Crippen molar-refractivity contribution in [1.82, 2.24) is 24.6 Å². The van der Waals surface area contributed by atoms with Gasteiger partial charge in [0, 0.05) is 12.6 Å². The molecule has 1 aromatic carbocycles. The van der Waals surface area contributed by atoms with Gasteiger partial charge in [0.15, 0.2) is 0 Å². The molecule has 10 nitrogen and oxygen atoms in total. The number of rotatable bonds is 7. The van der Waals surface area contributed by atoms with Gasteiger partial charge in [-0.15, -0.1) is 21.5 Å². The van der Waals surface area contributed by atoms with Crippen LogP contribution in [-0.2, 0) is 16.6 Å². The number of hydrogen-bond donors (Lipinski definition) is 1. The normalized spacial score (nSPS) is 11.7. The molecule has 0 atom stereocenters. The van der Waals surface area contributed by atoms with E-state index in [4.69, 9.17) is 4.52 Å². The summed E-state index contributed by atoms with van der Waals surface area (Å²) in [5.41, 5.74) is 1.45. The van der Waals surface area contributed by atoms with E-state index in [1.54, 1.807) is 24.3 Å². The van der Waals surface area contributed by atoms with Crippen molar-refractivity contribution in [2.75, 3.05) is 12.4 Å². The molecule has 0 radical (unpaired) electrons. The monoisotopic (exact) mass is 476 g/mol. The highest BCUT2D eigenvalue weighted by Crippen LogP contribution is 2.25. The van der Waals surface area contributed by atoms with Gasteiger partial charge in [-0.3, -0.25) is 10.1 Å². The average molecular weight is 477 g/mol. The third-order valence-electron chi connectivity index (χ3n) is 4.14. The fourth-order valence-electron chi connectivity index (χ4n) is 2.47. The molecule has 3 aromatic heterocycles. The van der Waals surface area contributed by atoms with Gasteiger partial charge in [0.1, 0.15) is 0 Å². The first-order valence-corrected chi connectivity index (χ1v) is 12.0. The van der Waals surface area contributed by atoms with E-state index in [2.05, 4.69) is 25.7 Å². The van der Waals surface area contributed by atoms with E-state index in [1.807, 2.05) is 24.4 Å². The molecular weight excluding hydrogens is 460 g/mol. The fourth-order valence-corrected chi connectivity index (χ4v) is 5.32.